The van der Waals surface area contributed by atoms with Crippen molar-refractivity contribution in [2.24, 2.45) is 10.9 Å². The summed E-state index contributed by atoms with van der Waals surface area (Å²) in [5, 5.41) is 0. The van der Waals surface area contributed by atoms with Gasteiger partial charge in [-0.3, -0.25) is 4.99 Å². The van der Waals surface area contributed by atoms with E-state index >= 15 is 0 Å². The summed E-state index contributed by atoms with van der Waals surface area (Å²) in [7, 11) is 0. The summed E-state index contributed by atoms with van der Waals surface area (Å²) in [5.74, 6) is 0.425. The molecule has 0 aliphatic heterocycles. The predicted molar refractivity (Wildman–Crippen MR) is 50.0 cm³/mol. The van der Waals surface area contributed by atoms with Gasteiger partial charge in [0.2, 0.25) is 0 Å². The summed E-state index contributed by atoms with van der Waals surface area (Å²) >= 11 is 0. The Kier molecular flexibility index (Phi) is 2.28. The van der Waals surface area contributed by atoms with Gasteiger partial charge >= 0.3 is 0 Å². The van der Waals surface area contributed by atoms with Gasteiger partial charge in [0, 0.05) is 12.1 Å². The van der Waals surface area contributed by atoms with E-state index in [4.69, 9.17) is 0 Å². The zero-order valence-electron chi connectivity index (χ0n) is 7.41. The van der Waals surface area contributed by atoms with Gasteiger partial charge in [-0.05, 0) is 20.8 Å². The number of hydrogen-bond acceptors (Lipinski definition) is 1. The Bertz CT molecular complexity index is 191. The van der Waals surface area contributed by atoms with Crippen molar-refractivity contribution in [2.75, 3.05) is 0 Å². The molecule has 0 fully saturated rings. The molecule has 0 atom stereocenters. The number of aliphatic imine (C=N–C) groups is 1. The van der Waals surface area contributed by atoms with E-state index in [1.807, 2.05) is 6.21 Å². The third-order valence-corrected chi connectivity index (χ3v) is 1.41. The largest absolute Gasteiger partial charge is 0.291 e. The smallest absolute Gasteiger partial charge is 0.0520 e. The van der Waals surface area contributed by atoms with Crippen LogP contribution in [0, 0.1) is 5.92 Å². The van der Waals surface area contributed by atoms with E-state index in [0.717, 1.165) is 0 Å². The maximum Gasteiger partial charge on any atom is 0.0520 e. The van der Waals surface area contributed by atoms with Gasteiger partial charge in [-0.15, -0.1) is 0 Å². The standard InChI is InChI=1S/C10H15N/c1-10(2,3)11-8-9-6-4-5-7-9/h4-9H,1-3H3. The molecule has 0 unspecified atom stereocenters. The van der Waals surface area contributed by atoms with Gasteiger partial charge in [-0.2, -0.15) is 0 Å². The van der Waals surface area contributed by atoms with Crippen molar-refractivity contribution in [3.63, 3.8) is 0 Å². The Balaban J connectivity index is 2.48. The first kappa shape index (κ1) is 8.25. The molecular weight excluding hydrogens is 134 g/mol. The molecule has 0 N–H and O–H groups in total. The Morgan fingerprint density at radius 3 is 2.18 bits per heavy atom. The van der Waals surface area contributed by atoms with Gasteiger partial charge in [-0.25, -0.2) is 0 Å². The van der Waals surface area contributed by atoms with Gasteiger partial charge in [0.05, 0.1) is 5.54 Å². The van der Waals surface area contributed by atoms with Crippen LogP contribution < -0.4 is 0 Å². The molecule has 1 nitrogen and oxygen atoms in total. The zero-order valence-corrected chi connectivity index (χ0v) is 7.41. The SMILES string of the molecule is CC(C)(C)N=CC1C=CC=C1. The number of nitrogens with zero attached hydrogens (tertiary/aromatic N) is 1. The summed E-state index contributed by atoms with van der Waals surface area (Å²) in [6.07, 6.45) is 10.4. The lowest BCUT2D eigenvalue weighted by atomic mass is 10.1. The van der Waals surface area contributed by atoms with Crippen LogP contribution in [-0.4, -0.2) is 11.8 Å². The maximum atomic E-state index is 4.41. The van der Waals surface area contributed by atoms with Crippen LogP contribution in [0.15, 0.2) is 29.3 Å². The van der Waals surface area contributed by atoms with Crippen molar-refractivity contribution in [2.45, 2.75) is 26.3 Å². The molecule has 0 aromatic carbocycles. The lowest BCUT2D eigenvalue weighted by Gasteiger charge is -2.11. The molecule has 0 spiro atoms. The van der Waals surface area contributed by atoms with Gasteiger partial charge in [-0.1, -0.05) is 24.3 Å². The fourth-order valence-corrected chi connectivity index (χ4v) is 0.858. The van der Waals surface area contributed by atoms with Crippen molar-refractivity contribution in [1.82, 2.24) is 0 Å². The van der Waals surface area contributed by atoms with Crippen molar-refractivity contribution in [3.05, 3.63) is 24.3 Å². The highest BCUT2D eigenvalue weighted by Gasteiger charge is 2.06. The van der Waals surface area contributed by atoms with Crippen LogP contribution in [-0.2, 0) is 0 Å². The Labute approximate surface area is 68.5 Å². The first-order valence-electron chi connectivity index (χ1n) is 3.98. The van der Waals surface area contributed by atoms with E-state index in [2.05, 4.69) is 50.1 Å². The first-order chi connectivity index (χ1) is 5.08. The predicted octanol–water partition coefficient (Wildman–Crippen LogP) is 2.60. The van der Waals surface area contributed by atoms with Crippen LogP contribution in [0.4, 0.5) is 0 Å². The van der Waals surface area contributed by atoms with E-state index in [1.54, 1.807) is 0 Å². The summed E-state index contributed by atoms with van der Waals surface area (Å²) in [5.41, 5.74) is 0.0598. The topological polar surface area (TPSA) is 12.4 Å². The second kappa shape index (κ2) is 3.04. The molecule has 0 saturated carbocycles. The zero-order chi connectivity index (χ0) is 8.32. The third-order valence-electron chi connectivity index (χ3n) is 1.41. The highest BCUT2D eigenvalue weighted by Crippen LogP contribution is 2.10. The van der Waals surface area contributed by atoms with Gasteiger partial charge < -0.3 is 0 Å². The van der Waals surface area contributed by atoms with E-state index in [9.17, 15) is 0 Å². The highest BCUT2D eigenvalue weighted by atomic mass is 14.8. The second-order valence-electron chi connectivity index (χ2n) is 3.80. The molecule has 0 bridgehead atoms. The van der Waals surface area contributed by atoms with Crippen molar-refractivity contribution in [3.8, 4) is 0 Å². The summed E-state index contributed by atoms with van der Waals surface area (Å²) in [6, 6.07) is 0. The molecule has 1 aliphatic carbocycles. The average Bonchev–Trinajstić information content (AvgIpc) is 2.32. The lowest BCUT2D eigenvalue weighted by Crippen LogP contribution is -2.10. The molecular formula is C10H15N. The monoisotopic (exact) mass is 149 g/mol. The number of allylic oxidation sites excluding steroid dienone is 4. The van der Waals surface area contributed by atoms with Crippen LogP contribution in [0.5, 0.6) is 0 Å². The molecule has 0 aromatic rings. The van der Waals surface area contributed by atoms with E-state index in [-0.39, 0.29) is 5.54 Å². The number of rotatable bonds is 1. The molecule has 0 amide bonds. The third kappa shape index (κ3) is 3.17. The van der Waals surface area contributed by atoms with E-state index in [0.29, 0.717) is 5.92 Å². The van der Waals surface area contributed by atoms with Gasteiger partial charge in [0.15, 0.2) is 0 Å². The fraction of sp³-hybridized carbons (Fsp3) is 0.500. The summed E-state index contributed by atoms with van der Waals surface area (Å²) in [6.45, 7) is 6.31. The molecule has 1 aliphatic rings. The number of hydrogen-bond donors (Lipinski definition) is 0. The average molecular weight is 149 g/mol. The molecule has 11 heavy (non-hydrogen) atoms. The fourth-order valence-electron chi connectivity index (χ4n) is 0.858. The van der Waals surface area contributed by atoms with Crippen molar-refractivity contribution in [1.29, 1.82) is 0 Å². The lowest BCUT2D eigenvalue weighted by molar-refractivity contribution is 0.584. The van der Waals surface area contributed by atoms with Gasteiger partial charge in [0.25, 0.3) is 0 Å². The van der Waals surface area contributed by atoms with Crippen LogP contribution in [0.25, 0.3) is 0 Å². The Morgan fingerprint density at radius 1 is 1.18 bits per heavy atom. The molecule has 0 aromatic heterocycles. The van der Waals surface area contributed by atoms with Crippen LogP contribution in [0.2, 0.25) is 0 Å². The minimum atomic E-state index is 0.0598. The van der Waals surface area contributed by atoms with Gasteiger partial charge in [0.1, 0.15) is 0 Å². The summed E-state index contributed by atoms with van der Waals surface area (Å²) < 4.78 is 0. The highest BCUT2D eigenvalue weighted by molar-refractivity contribution is 5.67. The molecule has 0 radical (unpaired) electrons. The Hall–Kier alpha value is -0.850. The van der Waals surface area contributed by atoms with Crippen LogP contribution >= 0.6 is 0 Å². The van der Waals surface area contributed by atoms with Crippen molar-refractivity contribution >= 4 is 6.21 Å². The minimum absolute atomic E-state index is 0.0598. The molecule has 1 rings (SSSR count). The first-order valence-corrected chi connectivity index (χ1v) is 3.98. The van der Waals surface area contributed by atoms with E-state index < -0.39 is 0 Å². The molecule has 1 heteroatoms. The van der Waals surface area contributed by atoms with Crippen LogP contribution in [0.3, 0.4) is 0 Å². The maximum absolute atomic E-state index is 4.41. The second-order valence-corrected chi connectivity index (χ2v) is 3.80. The molecule has 60 valence electrons. The normalized spacial score (nSPS) is 18.8. The Morgan fingerprint density at radius 2 is 1.73 bits per heavy atom. The molecule has 0 saturated heterocycles. The molecule has 0 heterocycles. The minimum Gasteiger partial charge on any atom is -0.291 e. The van der Waals surface area contributed by atoms with Crippen molar-refractivity contribution < 1.29 is 0 Å². The summed E-state index contributed by atoms with van der Waals surface area (Å²) in [4.78, 5) is 4.41. The van der Waals surface area contributed by atoms with Crippen LogP contribution in [0.1, 0.15) is 20.8 Å². The quantitative estimate of drug-likeness (QED) is 0.508. The van der Waals surface area contributed by atoms with E-state index in [1.165, 1.54) is 0 Å².